The van der Waals surface area contributed by atoms with E-state index in [4.69, 9.17) is 18.9 Å². The smallest absolute Gasteiger partial charge is 0.306 e. The number of hydrogen-bond acceptors (Lipinski definition) is 8. The van der Waals surface area contributed by atoms with Gasteiger partial charge in [-0.15, -0.1) is 0 Å². The number of carbonyl (C=O) groups excluding carboxylic acids is 3. The normalized spacial score (nSPS) is 13.1. The van der Waals surface area contributed by atoms with Crippen molar-refractivity contribution in [1.82, 2.24) is 0 Å². The molecule has 0 aliphatic heterocycles. The van der Waals surface area contributed by atoms with Gasteiger partial charge in [0.25, 0.3) is 0 Å². The zero-order valence-corrected chi connectivity index (χ0v) is 40.3. The van der Waals surface area contributed by atoms with E-state index < -0.39 is 24.3 Å². The Morgan fingerprint density at radius 2 is 0.885 bits per heavy atom. The lowest BCUT2D eigenvalue weighted by Crippen LogP contribution is -2.44. The number of ether oxygens (including phenoxy) is 4. The summed E-state index contributed by atoms with van der Waals surface area (Å²) in [6, 6.07) is 0. The molecule has 0 heterocycles. The third-order valence-corrected chi connectivity index (χ3v) is 10.9. The van der Waals surface area contributed by atoms with Crippen molar-refractivity contribution >= 4 is 17.9 Å². The standard InChI is InChI=1S/C52H95NO8/c1-6-8-10-12-14-16-18-19-20-21-22-23-24-25-26-27-28-29-30-31-33-35-37-39-41-43-50(55)61-48(47-60-52(51(56)57)58-45-44-53(3,4)5)46-59-49(54)42-40-38-36-34-32-17-15-13-11-9-7-2/h18-19,21-22,24-25,48,52H,6-17,20,23,26-47H2,1-5H3/b19-18-,22-21-,25-24-. The quantitative estimate of drug-likeness (QED) is 0.0196. The molecule has 0 aromatic carbocycles. The van der Waals surface area contributed by atoms with Crippen LogP contribution in [0.4, 0.5) is 0 Å². The second kappa shape index (κ2) is 44.1. The molecule has 0 fully saturated rings. The Hall–Kier alpha value is -2.49. The van der Waals surface area contributed by atoms with Crippen molar-refractivity contribution < 1.29 is 42.9 Å². The van der Waals surface area contributed by atoms with Crippen LogP contribution >= 0.6 is 0 Å². The average Bonchev–Trinajstić information content (AvgIpc) is 3.22. The Labute approximate surface area is 375 Å². The number of carbonyl (C=O) groups is 3. The minimum Gasteiger partial charge on any atom is -0.545 e. The van der Waals surface area contributed by atoms with Crippen molar-refractivity contribution in [2.24, 2.45) is 0 Å². The number of likely N-dealkylation sites (N-methyl/N-ethyl adjacent to an activating group) is 1. The van der Waals surface area contributed by atoms with Gasteiger partial charge in [0.2, 0.25) is 0 Å². The molecule has 9 heteroatoms. The van der Waals surface area contributed by atoms with Crippen molar-refractivity contribution in [3.63, 3.8) is 0 Å². The summed E-state index contributed by atoms with van der Waals surface area (Å²) in [6.45, 7) is 4.73. The number of carboxylic acid groups (broad SMARTS) is 1. The van der Waals surface area contributed by atoms with E-state index >= 15 is 0 Å². The number of rotatable bonds is 46. The second-order valence-electron chi connectivity index (χ2n) is 18.1. The Morgan fingerprint density at radius 3 is 1.31 bits per heavy atom. The van der Waals surface area contributed by atoms with Crippen LogP contribution in [-0.4, -0.2) is 82.3 Å². The summed E-state index contributed by atoms with van der Waals surface area (Å²) in [5.41, 5.74) is 0. The zero-order valence-electron chi connectivity index (χ0n) is 40.3. The van der Waals surface area contributed by atoms with Gasteiger partial charge in [-0.1, -0.05) is 192 Å². The van der Waals surface area contributed by atoms with Crippen LogP contribution in [0.3, 0.4) is 0 Å². The first-order chi connectivity index (χ1) is 29.6. The minimum absolute atomic E-state index is 0.148. The van der Waals surface area contributed by atoms with E-state index in [0.29, 0.717) is 23.9 Å². The SMILES string of the molecule is CCCCCCC/C=C\C/C=C\C/C=C\CCCCCCCCCCCCC(=O)OC(COC(=O)CCCCCCCCCCCCC)COC(OCC[N+](C)(C)C)C(=O)[O-]. The van der Waals surface area contributed by atoms with Gasteiger partial charge in [0, 0.05) is 12.8 Å². The number of hydrogen-bond donors (Lipinski definition) is 0. The van der Waals surface area contributed by atoms with Gasteiger partial charge < -0.3 is 33.3 Å². The lowest BCUT2D eigenvalue weighted by atomic mass is 10.0. The highest BCUT2D eigenvalue weighted by atomic mass is 16.7. The lowest BCUT2D eigenvalue weighted by Gasteiger charge is -2.26. The highest BCUT2D eigenvalue weighted by molar-refractivity contribution is 5.70. The fourth-order valence-electron chi connectivity index (χ4n) is 6.95. The number of nitrogens with zero attached hydrogens (tertiary/aromatic N) is 1. The third-order valence-electron chi connectivity index (χ3n) is 10.9. The van der Waals surface area contributed by atoms with Crippen LogP contribution in [-0.2, 0) is 33.3 Å². The first kappa shape index (κ1) is 58.5. The molecule has 0 aromatic rings. The molecule has 0 aliphatic rings. The topological polar surface area (TPSA) is 111 Å². The maximum absolute atomic E-state index is 12.8. The molecule has 9 nitrogen and oxygen atoms in total. The van der Waals surface area contributed by atoms with Gasteiger partial charge in [0.15, 0.2) is 12.4 Å². The van der Waals surface area contributed by atoms with Gasteiger partial charge in [0.05, 0.1) is 40.3 Å². The molecule has 61 heavy (non-hydrogen) atoms. The van der Waals surface area contributed by atoms with Gasteiger partial charge in [-0.05, 0) is 51.4 Å². The van der Waals surface area contributed by atoms with Crippen molar-refractivity contribution in [3.8, 4) is 0 Å². The summed E-state index contributed by atoms with van der Waals surface area (Å²) in [4.78, 5) is 37.0. The summed E-state index contributed by atoms with van der Waals surface area (Å²) < 4.78 is 22.6. The van der Waals surface area contributed by atoms with Gasteiger partial charge in [-0.25, -0.2) is 0 Å². The first-order valence-electron chi connectivity index (χ1n) is 25.1. The largest absolute Gasteiger partial charge is 0.545 e. The maximum Gasteiger partial charge on any atom is 0.306 e. The molecule has 0 spiro atoms. The van der Waals surface area contributed by atoms with Crippen LogP contribution in [0.1, 0.15) is 219 Å². The van der Waals surface area contributed by atoms with Crippen molar-refractivity contribution in [1.29, 1.82) is 0 Å². The predicted octanol–water partition coefficient (Wildman–Crippen LogP) is 12.4. The van der Waals surface area contributed by atoms with Gasteiger partial charge in [0.1, 0.15) is 13.2 Å². The van der Waals surface area contributed by atoms with Crippen LogP contribution in [0.15, 0.2) is 36.5 Å². The first-order valence-corrected chi connectivity index (χ1v) is 25.1. The van der Waals surface area contributed by atoms with E-state index in [9.17, 15) is 19.5 Å². The average molecular weight is 862 g/mol. The van der Waals surface area contributed by atoms with Crippen molar-refractivity contribution in [3.05, 3.63) is 36.5 Å². The highest BCUT2D eigenvalue weighted by Crippen LogP contribution is 2.15. The highest BCUT2D eigenvalue weighted by Gasteiger charge is 2.22. The molecule has 0 aromatic heterocycles. The maximum atomic E-state index is 12.8. The predicted molar refractivity (Wildman–Crippen MR) is 251 cm³/mol. The summed E-state index contributed by atoms with van der Waals surface area (Å²) in [5.74, 6) is -2.28. The molecule has 0 bridgehead atoms. The van der Waals surface area contributed by atoms with Crippen molar-refractivity contribution in [2.75, 3.05) is 47.5 Å². The molecule has 0 saturated carbocycles. The molecule has 2 unspecified atom stereocenters. The minimum atomic E-state index is -1.62. The number of unbranched alkanes of at least 4 members (excludes halogenated alkanes) is 25. The van der Waals surface area contributed by atoms with Crippen molar-refractivity contribution in [2.45, 2.75) is 232 Å². The van der Waals surface area contributed by atoms with Crippen LogP contribution in [0.2, 0.25) is 0 Å². The van der Waals surface area contributed by atoms with E-state index in [0.717, 1.165) is 51.4 Å². The fraction of sp³-hybridized carbons (Fsp3) is 0.827. The fourth-order valence-corrected chi connectivity index (χ4v) is 6.95. The molecule has 0 amide bonds. The Balaban J connectivity index is 4.27. The van der Waals surface area contributed by atoms with Crippen LogP contribution in [0.5, 0.6) is 0 Å². The Morgan fingerprint density at radius 1 is 0.492 bits per heavy atom. The molecular formula is C52H95NO8. The van der Waals surface area contributed by atoms with E-state index in [2.05, 4.69) is 50.3 Å². The second-order valence-corrected chi connectivity index (χ2v) is 18.1. The third kappa shape index (κ3) is 45.4. The summed E-state index contributed by atoms with van der Waals surface area (Å²) in [6.07, 6.45) is 47.5. The molecule has 0 aliphatic carbocycles. The lowest BCUT2D eigenvalue weighted by molar-refractivity contribution is -0.870. The summed E-state index contributed by atoms with van der Waals surface area (Å²) in [7, 11) is 5.91. The van der Waals surface area contributed by atoms with Gasteiger partial charge in [-0.2, -0.15) is 0 Å². The van der Waals surface area contributed by atoms with E-state index in [1.807, 2.05) is 21.1 Å². The number of esters is 2. The molecule has 0 radical (unpaired) electrons. The number of carboxylic acids is 1. The monoisotopic (exact) mass is 862 g/mol. The van der Waals surface area contributed by atoms with Gasteiger partial charge in [-0.3, -0.25) is 9.59 Å². The molecule has 0 N–H and O–H groups in total. The number of allylic oxidation sites excluding steroid dienone is 6. The Kier molecular flexibility index (Phi) is 42.3. The Bertz CT molecular complexity index is 1100. The number of aliphatic carboxylic acids is 1. The van der Waals surface area contributed by atoms with Crippen LogP contribution in [0, 0.1) is 0 Å². The van der Waals surface area contributed by atoms with Gasteiger partial charge >= 0.3 is 11.9 Å². The van der Waals surface area contributed by atoms with Crippen LogP contribution < -0.4 is 5.11 Å². The summed E-state index contributed by atoms with van der Waals surface area (Å²) in [5, 5.41) is 11.7. The summed E-state index contributed by atoms with van der Waals surface area (Å²) >= 11 is 0. The molecule has 0 rings (SSSR count). The molecular weight excluding hydrogens is 767 g/mol. The molecule has 0 saturated heterocycles. The number of quaternary nitrogens is 1. The van der Waals surface area contributed by atoms with Crippen LogP contribution in [0.25, 0.3) is 0 Å². The zero-order chi connectivity index (χ0) is 44.9. The molecule has 2 atom stereocenters. The van der Waals surface area contributed by atoms with E-state index in [1.54, 1.807) is 0 Å². The van der Waals surface area contributed by atoms with E-state index in [1.165, 1.54) is 135 Å². The molecule has 356 valence electrons. The van der Waals surface area contributed by atoms with E-state index in [-0.39, 0.29) is 32.2 Å².